The summed E-state index contributed by atoms with van der Waals surface area (Å²) in [6, 6.07) is 0. The fraction of sp³-hybridized carbons (Fsp3) is 0.625. The number of hydrogen-bond donors (Lipinski definition) is 0. The third-order valence-corrected chi connectivity index (χ3v) is 2.50. The topological polar surface area (TPSA) is 0 Å². The van der Waals surface area contributed by atoms with E-state index in [-0.39, 0.29) is 0 Å². The average Bonchev–Trinajstić information content (AvgIpc) is 2.34. The molecule has 0 aromatic heterocycles. The van der Waals surface area contributed by atoms with E-state index in [0.717, 1.165) is 0 Å². The van der Waals surface area contributed by atoms with Crippen LogP contribution in [0.25, 0.3) is 0 Å². The Morgan fingerprint density at radius 1 is 0.750 bits per heavy atom. The molecule has 0 aromatic carbocycles. The molecular formula is C16H30. The fourth-order valence-corrected chi connectivity index (χ4v) is 1.85. The van der Waals surface area contributed by atoms with Crippen molar-refractivity contribution in [1.29, 1.82) is 0 Å². The molecule has 0 nitrogen and oxygen atoms in total. The second-order valence-corrected chi connectivity index (χ2v) is 3.72. The third-order valence-electron chi connectivity index (χ3n) is 2.50. The highest BCUT2D eigenvalue weighted by Crippen LogP contribution is 2.32. The zero-order valence-electron chi connectivity index (χ0n) is 12.2. The summed E-state index contributed by atoms with van der Waals surface area (Å²) in [6.45, 7) is 20.2. The minimum Gasteiger partial charge on any atom is -0.0958 e. The summed E-state index contributed by atoms with van der Waals surface area (Å²) in [6.07, 6.45) is 5.05. The highest BCUT2D eigenvalue weighted by atomic mass is 14.2. The first-order chi connectivity index (χ1) is 7.63. The van der Waals surface area contributed by atoms with E-state index in [4.69, 9.17) is 0 Å². The zero-order chi connectivity index (χ0) is 13.1. The molecule has 94 valence electrons. The van der Waals surface area contributed by atoms with Crippen LogP contribution in [0.5, 0.6) is 0 Å². The van der Waals surface area contributed by atoms with Gasteiger partial charge in [-0.2, -0.15) is 0 Å². The first-order valence-electron chi connectivity index (χ1n) is 6.66. The molecule has 0 spiro atoms. The van der Waals surface area contributed by atoms with Gasteiger partial charge in [0.05, 0.1) is 0 Å². The van der Waals surface area contributed by atoms with Gasteiger partial charge in [0.2, 0.25) is 0 Å². The van der Waals surface area contributed by atoms with Crippen LogP contribution >= 0.6 is 0 Å². The molecule has 0 heterocycles. The van der Waals surface area contributed by atoms with Crippen LogP contribution in [0.2, 0.25) is 0 Å². The molecule has 0 saturated heterocycles. The van der Waals surface area contributed by atoms with Gasteiger partial charge in [0.1, 0.15) is 0 Å². The Labute approximate surface area is 103 Å². The summed E-state index contributed by atoms with van der Waals surface area (Å²) < 4.78 is 0. The second-order valence-electron chi connectivity index (χ2n) is 3.72. The number of allylic oxidation sites excluding steroid dienone is 4. The van der Waals surface area contributed by atoms with E-state index in [9.17, 15) is 0 Å². The molecular weight excluding hydrogens is 192 g/mol. The highest BCUT2D eigenvalue weighted by molar-refractivity contribution is 5.42. The Hall–Kier alpha value is -0.780. The van der Waals surface area contributed by atoms with Crippen molar-refractivity contribution < 1.29 is 0 Å². The molecule has 0 amide bonds. The van der Waals surface area contributed by atoms with Crippen molar-refractivity contribution in [2.45, 2.75) is 67.2 Å². The van der Waals surface area contributed by atoms with E-state index >= 15 is 0 Å². The Morgan fingerprint density at radius 2 is 1.00 bits per heavy atom. The monoisotopic (exact) mass is 222 g/mol. The van der Waals surface area contributed by atoms with E-state index in [2.05, 4.69) is 27.0 Å². The van der Waals surface area contributed by atoms with Crippen molar-refractivity contribution in [1.82, 2.24) is 0 Å². The minimum absolute atomic E-state index is 1.21. The molecule has 0 fully saturated rings. The highest BCUT2D eigenvalue weighted by Gasteiger charge is 2.12. The van der Waals surface area contributed by atoms with Crippen molar-refractivity contribution in [2.24, 2.45) is 0 Å². The summed E-state index contributed by atoms with van der Waals surface area (Å²) in [5, 5.41) is 0. The van der Waals surface area contributed by atoms with E-state index in [1.807, 2.05) is 27.7 Å². The molecule has 1 rings (SSSR count). The van der Waals surface area contributed by atoms with Crippen molar-refractivity contribution in [3.63, 3.8) is 0 Å². The smallest absolute Gasteiger partial charge is 0.0274 e. The quantitative estimate of drug-likeness (QED) is 0.532. The second kappa shape index (κ2) is 10.7. The molecule has 16 heavy (non-hydrogen) atoms. The molecule has 1 aliphatic rings. The number of hydrogen-bond acceptors (Lipinski definition) is 0. The van der Waals surface area contributed by atoms with Crippen LogP contribution in [-0.4, -0.2) is 0 Å². The van der Waals surface area contributed by atoms with Gasteiger partial charge in [0, 0.05) is 0 Å². The van der Waals surface area contributed by atoms with E-state index in [1.54, 1.807) is 0 Å². The van der Waals surface area contributed by atoms with E-state index in [0.29, 0.717) is 0 Å². The average molecular weight is 222 g/mol. The summed E-state index contributed by atoms with van der Waals surface area (Å²) in [7, 11) is 0. The van der Waals surface area contributed by atoms with E-state index in [1.165, 1.54) is 48.0 Å². The number of rotatable bonds is 2. The van der Waals surface area contributed by atoms with E-state index < -0.39 is 0 Å². The lowest BCUT2D eigenvalue weighted by atomic mass is 9.85. The van der Waals surface area contributed by atoms with Crippen molar-refractivity contribution >= 4 is 0 Å². The Morgan fingerprint density at radius 3 is 1.19 bits per heavy atom. The van der Waals surface area contributed by atoms with Crippen LogP contribution in [0.15, 0.2) is 35.5 Å². The van der Waals surface area contributed by atoms with Crippen LogP contribution < -0.4 is 0 Å². The molecule has 0 atom stereocenters. The predicted octanol–water partition coefficient (Wildman–Crippen LogP) is 6.06. The van der Waals surface area contributed by atoms with Gasteiger partial charge in [-0.25, -0.2) is 0 Å². The van der Waals surface area contributed by atoms with Crippen LogP contribution in [0.3, 0.4) is 0 Å². The minimum atomic E-state index is 1.21. The maximum atomic E-state index is 4.01. The largest absolute Gasteiger partial charge is 0.0958 e. The lowest BCUT2D eigenvalue weighted by molar-refractivity contribution is 0.682. The fourth-order valence-electron chi connectivity index (χ4n) is 1.85. The van der Waals surface area contributed by atoms with Crippen molar-refractivity contribution in [3.8, 4) is 0 Å². The maximum Gasteiger partial charge on any atom is -0.0274 e. The van der Waals surface area contributed by atoms with Crippen molar-refractivity contribution in [3.05, 3.63) is 35.5 Å². The molecule has 0 heteroatoms. The molecule has 0 aromatic rings. The van der Waals surface area contributed by atoms with Gasteiger partial charge in [-0.1, -0.05) is 52.0 Å². The summed E-state index contributed by atoms with van der Waals surface area (Å²) in [4.78, 5) is 0. The Balaban J connectivity index is 0. The Bertz CT molecular complexity index is 215. The third kappa shape index (κ3) is 5.95. The lowest BCUT2D eigenvalue weighted by Crippen LogP contribution is -2.01. The van der Waals surface area contributed by atoms with Crippen LogP contribution in [0.1, 0.15) is 67.2 Å². The molecule has 0 unspecified atom stereocenters. The molecule has 0 bridgehead atoms. The van der Waals surface area contributed by atoms with Gasteiger partial charge in [0.15, 0.2) is 0 Å². The first kappa shape index (κ1) is 17.6. The maximum absolute atomic E-state index is 4.01. The van der Waals surface area contributed by atoms with Gasteiger partial charge in [-0.15, -0.1) is 0 Å². The van der Waals surface area contributed by atoms with Crippen LogP contribution in [0, 0.1) is 0 Å². The summed E-state index contributed by atoms with van der Waals surface area (Å²) in [5.74, 6) is 0. The van der Waals surface area contributed by atoms with Gasteiger partial charge in [-0.3, -0.25) is 0 Å². The molecule has 0 N–H and O–H groups in total. The Kier molecular flexibility index (Phi) is 11.8. The van der Waals surface area contributed by atoms with Gasteiger partial charge in [-0.05, 0) is 50.7 Å². The molecule has 1 aliphatic carbocycles. The molecule has 0 radical (unpaired) electrons. The molecule has 0 aliphatic heterocycles. The van der Waals surface area contributed by atoms with Gasteiger partial charge in [0.25, 0.3) is 0 Å². The van der Waals surface area contributed by atoms with Crippen LogP contribution in [0.4, 0.5) is 0 Å². The summed E-state index contributed by atoms with van der Waals surface area (Å²) in [5.41, 5.74) is 5.39. The van der Waals surface area contributed by atoms with Crippen LogP contribution in [-0.2, 0) is 0 Å². The normalized spacial score (nSPS) is 14.1. The van der Waals surface area contributed by atoms with Gasteiger partial charge < -0.3 is 0 Å². The SMILES string of the molecule is C=C(C)C1=C(C(=C)C)CCCC1.CC.CC. The summed E-state index contributed by atoms with van der Waals surface area (Å²) >= 11 is 0. The standard InChI is InChI=1S/C12H18.2C2H6/c1-9(2)11-7-5-6-8-12(11)10(3)4;2*1-2/h1,3,5-8H2,2,4H3;2*1-2H3. The van der Waals surface area contributed by atoms with Crippen molar-refractivity contribution in [2.75, 3.05) is 0 Å². The van der Waals surface area contributed by atoms with Gasteiger partial charge >= 0.3 is 0 Å². The predicted molar refractivity (Wildman–Crippen MR) is 77.8 cm³/mol. The first-order valence-corrected chi connectivity index (χ1v) is 6.66. The molecule has 0 saturated carbocycles. The zero-order valence-corrected chi connectivity index (χ0v) is 12.2. The lowest BCUT2D eigenvalue weighted by Gasteiger charge is -2.20.